The van der Waals surface area contributed by atoms with Crippen molar-refractivity contribution in [2.24, 2.45) is 5.92 Å². The van der Waals surface area contributed by atoms with Gasteiger partial charge in [-0.3, -0.25) is 4.79 Å². The van der Waals surface area contributed by atoms with E-state index in [1.807, 2.05) is 44.2 Å². The van der Waals surface area contributed by atoms with Crippen molar-refractivity contribution in [2.75, 3.05) is 19.8 Å². The molecule has 0 aliphatic carbocycles. The van der Waals surface area contributed by atoms with Gasteiger partial charge in [0.15, 0.2) is 6.04 Å². The van der Waals surface area contributed by atoms with Crippen molar-refractivity contribution in [2.45, 2.75) is 32.5 Å². The van der Waals surface area contributed by atoms with Crippen LogP contribution in [-0.2, 0) is 9.53 Å². The summed E-state index contributed by atoms with van der Waals surface area (Å²) < 4.78 is 40.5. The van der Waals surface area contributed by atoms with Crippen molar-refractivity contribution in [3.05, 3.63) is 30.3 Å². The molecule has 148 valence electrons. The molecule has 0 aliphatic rings. The molecule has 1 heterocycles. The smallest absolute Gasteiger partial charge is 0.372 e. The quantitative estimate of drug-likeness (QED) is 0.671. The van der Waals surface area contributed by atoms with E-state index in [-0.39, 0.29) is 31.4 Å². The van der Waals surface area contributed by atoms with Crippen LogP contribution in [0.15, 0.2) is 30.3 Å². The lowest BCUT2D eigenvalue weighted by atomic mass is 10.0. The number of hydrogen-bond donors (Lipinski definition) is 1. The molecule has 10 heteroatoms. The molecule has 1 unspecified atom stereocenters. The molecule has 0 bridgehead atoms. The van der Waals surface area contributed by atoms with E-state index in [1.54, 1.807) is 0 Å². The topological polar surface area (TPSA) is 81.9 Å². The van der Waals surface area contributed by atoms with Crippen LogP contribution in [-0.4, -0.2) is 52.0 Å². The Morgan fingerprint density at radius 1 is 1.26 bits per heavy atom. The minimum atomic E-state index is -4.35. The summed E-state index contributed by atoms with van der Waals surface area (Å²) in [6.45, 7) is 2.51. The Bertz CT molecular complexity index is 719. The number of alkyl halides is 3. The molecule has 1 atom stereocenters. The van der Waals surface area contributed by atoms with Crippen LogP contribution in [0, 0.1) is 5.92 Å². The lowest BCUT2D eigenvalue weighted by molar-refractivity contribution is -0.174. The molecule has 2 rings (SSSR count). The summed E-state index contributed by atoms with van der Waals surface area (Å²) >= 11 is 0. The second-order valence-corrected chi connectivity index (χ2v) is 6.30. The Hall–Kier alpha value is -2.49. The van der Waals surface area contributed by atoms with E-state index in [4.69, 9.17) is 0 Å². The number of carbonyl (C=O) groups excluding carboxylic acids is 1. The van der Waals surface area contributed by atoms with Gasteiger partial charge < -0.3 is 10.1 Å². The number of tetrazole rings is 1. The average molecular weight is 385 g/mol. The fourth-order valence-electron chi connectivity index (χ4n) is 2.40. The van der Waals surface area contributed by atoms with E-state index in [0.29, 0.717) is 5.82 Å². The maximum Gasteiger partial charge on any atom is 0.411 e. The van der Waals surface area contributed by atoms with Gasteiger partial charge in [0.05, 0.1) is 0 Å². The highest BCUT2D eigenvalue weighted by atomic mass is 19.4. The first kappa shape index (κ1) is 20.8. The maximum absolute atomic E-state index is 12.5. The van der Waals surface area contributed by atoms with Gasteiger partial charge in [0.1, 0.15) is 6.61 Å². The standard InChI is InChI=1S/C17H22F3N5O2/c1-12(2)14(16(26)21-9-6-10-27-11-17(18,19)20)25-23-15(22-24-25)13-7-4-3-5-8-13/h3-5,7-8,12,14H,6,9-11H2,1-2H3,(H,21,26). The molecule has 7 nitrogen and oxygen atoms in total. The molecule has 0 aliphatic heterocycles. The van der Waals surface area contributed by atoms with Gasteiger partial charge in [-0.25, -0.2) is 0 Å². The van der Waals surface area contributed by atoms with E-state index in [0.717, 1.165) is 5.56 Å². The summed E-state index contributed by atoms with van der Waals surface area (Å²) in [5.74, 6) is -0.0169. The zero-order valence-corrected chi connectivity index (χ0v) is 15.1. The Kier molecular flexibility index (Phi) is 7.28. The van der Waals surface area contributed by atoms with Crippen LogP contribution in [0.4, 0.5) is 13.2 Å². The monoisotopic (exact) mass is 385 g/mol. The van der Waals surface area contributed by atoms with Crippen LogP contribution in [0.3, 0.4) is 0 Å². The molecule has 1 amide bonds. The predicted octanol–water partition coefficient (Wildman–Crippen LogP) is 2.62. The molecule has 0 radical (unpaired) electrons. The Labute approximate surface area is 154 Å². The second-order valence-electron chi connectivity index (χ2n) is 6.30. The van der Waals surface area contributed by atoms with Gasteiger partial charge in [0, 0.05) is 18.7 Å². The predicted molar refractivity (Wildman–Crippen MR) is 91.6 cm³/mol. The summed E-state index contributed by atoms with van der Waals surface area (Å²) in [7, 11) is 0. The number of nitrogens with zero attached hydrogens (tertiary/aromatic N) is 4. The highest BCUT2D eigenvalue weighted by molar-refractivity contribution is 5.80. The van der Waals surface area contributed by atoms with E-state index < -0.39 is 18.8 Å². The number of ether oxygens (including phenoxy) is 1. The molecule has 1 aromatic carbocycles. The zero-order valence-electron chi connectivity index (χ0n) is 15.1. The lowest BCUT2D eigenvalue weighted by Gasteiger charge is -2.18. The minimum absolute atomic E-state index is 0.0914. The molecule has 1 N–H and O–H groups in total. The van der Waals surface area contributed by atoms with E-state index >= 15 is 0 Å². The van der Waals surface area contributed by atoms with Crippen LogP contribution in [0.2, 0.25) is 0 Å². The average Bonchev–Trinajstić information content (AvgIpc) is 3.07. The third-order valence-corrected chi connectivity index (χ3v) is 3.64. The summed E-state index contributed by atoms with van der Waals surface area (Å²) in [5, 5.41) is 14.9. The van der Waals surface area contributed by atoms with Gasteiger partial charge in [-0.2, -0.15) is 18.0 Å². The fourth-order valence-corrected chi connectivity index (χ4v) is 2.40. The van der Waals surface area contributed by atoms with E-state index in [2.05, 4.69) is 25.5 Å². The Balaban J connectivity index is 1.89. The van der Waals surface area contributed by atoms with Gasteiger partial charge in [-0.05, 0) is 17.6 Å². The summed E-state index contributed by atoms with van der Waals surface area (Å²) in [6, 6.07) is 8.58. The lowest BCUT2D eigenvalue weighted by Crippen LogP contribution is -2.37. The minimum Gasteiger partial charge on any atom is -0.372 e. The van der Waals surface area contributed by atoms with Crippen molar-refractivity contribution in [3.63, 3.8) is 0 Å². The number of carbonyl (C=O) groups is 1. The van der Waals surface area contributed by atoms with Gasteiger partial charge in [0.25, 0.3) is 0 Å². The number of nitrogens with one attached hydrogen (secondary N) is 1. The molecular formula is C17H22F3N5O2. The molecule has 27 heavy (non-hydrogen) atoms. The SMILES string of the molecule is CC(C)C(C(=O)NCCCOCC(F)(F)F)n1nnc(-c2ccccc2)n1. The van der Waals surface area contributed by atoms with Crippen molar-refractivity contribution >= 4 is 5.91 Å². The van der Waals surface area contributed by atoms with Crippen molar-refractivity contribution < 1.29 is 22.7 Å². The first-order valence-electron chi connectivity index (χ1n) is 8.55. The largest absolute Gasteiger partial charge is 0.411 e. The highest BCUT2D eigenvalue weighted by Crippen LogP contribution is 2.19. The van der Waals surface area contributed by atoms with Gasteiger partial charge >= 0.3 is 6.18 Å². The molecule has 0 spiro atoms. The number of benzene rings is 1. The number of aromatic nitrogens is 4. The number of amides is 1. The van der Waals surface area contributed by atoms with Crippen LogP contribution in [0.25, 0.3) is 11.4 Å². The summed E-state index contributed by atoms with van der Waals surface area (Å²) in [4.78, 5) is 13.7. The highest BCUT2D eigenvalue weighted by Gasteiger charge is 2.28. The Morgan fingerprint density at radius 3 is 2.59 bits per heavy atom. The normalized spacial score (nSPS) is 13.0. The third-order valence-electron chi connectivity index (χ3n) is 3.64. The number of rotatable bonds is 9. The molecule has 0 saturated heterocycles. The van der Waals surface area contributed by atoms with Gasteiger partial charge in [-0.15, -0.1) is 10.2 Å². The van der Waals surface area contributed by atoms with Crippen molar-refractivity contribution in [3.8, 4) is 11.4 Å². The first-order chi connectivity index (χ1) is 12.8. The second kappa shape index (κ2) is 9.45. The van der Waals surface area contributed by atoms with Gasteiger partial charge in [-0.1, -0.05) is 44.2 Å². The molecule has 2 aromatic rings. The maximum atomic E-state index is 12.5. The molecule has 0 saturated carbocycles. The molecule has 0 fully saturated rings. The molecular weight excluding hydrogens is 363 g/mol. The zero-order chi connectivity index (χ0) is 19.9. The molecule has 1 aromatic heterocycles. The van der Waals surface area contributed by atoms with Crippen LogP contribution < -0.4 is 5.32 Å². The van der Waals surface area contributed by atoms with Crippen LogP contribution in [0.1, 0.15) is 26.3 Å². The van der Waals surface area contributed by atoms with Gasteiger partial charge in [0.2, 0.25) is 11.7 Å². The van der Waals surface area contributed by atoms with Crippen molar-refractivity contribution in [1.82, 2.24) is 25.5 Å². The Morgan fingerprint density at radius 2 is 1.96 bits per heavy atom. The summed E-state index contributed by atoms with van der Waals surface area (Å²) in [5.41, 5.74) is 0.786. The fraction of sp³-hybridized carbons (Fsp3) is 0.529. The number of halogens is 3. The summed E-state index contributed by atoms with van der Waals surface area (Å²) in [6.07, 6.45) is -4.08. The van der Waals surface area contributed by atoms with E-state index in [1.165, 1.54) is 4.80 Å². The number of hydrogen-bond acceptors (Lipinski definition) is 5. The van der Waals surface area contributed by atoms with E-state index in [9.17, 15) is 18.0 Å². The third kappa shape index (κ3) is 6.63. The first-order valence-corrected chi connectivity index (χ1v) is 8.55. The van der Waals surface area contributed by atoms with Crippen LogP contribution in [0.5, 0.6) is 0 Å². The van der Waals surface area contributed by atoms with Crippen molar-refractivity contribution in [1.29, 1.82) is 0 Å². The van der Waals surface area contributed by atoms with Crippen LogP contribution >= 0.6 is 0 Å².